The third-order valence-electron chi connectivity index (χ3n) is 3.84. The van der Waals surface area contributed by atoms with Gasteiger partial charge in [0.25, 0.3) is 0 Å². The van der Waals surface area contributed by atoms with Gasteiger partial charge in [-0.3, -0.25) is 0 Å². The van der Waals surface area contributed by atoms with E-state index >= 15 is 0 Å². The van der Waals surface area contributed by atoms with E-state index in [4.69, 9.17) is 5.73 Å². The van der Waals surface area contributed by atoms with Crippen molar-refractivity contribution in [3.8, 4) is 0 Å². The van der Waals surface area contributed by atoms with E-state index in [1.165, 1.54) is 12.1 Å². The van der Waals surface area contributed by atoms with Crippen molar-refractivity contribution in [3.63, 3.8) is 0 Å². The maximum atomic E-state index is 12.8. The summed E-state index contributed by atoms with van der Waals surface area (Å²) in [5.41, 5.74) is 6.08. The van der Waals surface area contributed by atoms with Crippen LogP contribution in [0.4, 0.5) is 18.9 Å². The first-order chi connectivity index (χ1) is 9.29. The van der Waals surface area contributed by atoms with Crippen molar-refractivity contribution < 1.29 is 13.2 Å². The zero-order chi connectivity index (χ0) is 14.9. The van der Waals surface area contributed by atoms with Gasteiger partial charge in [0, 0.05) is 30.9 Å². The normalized spacial score (nSPS) is 24.2. The Morgan fingerprint density at radius 3 is 2.60 bits per heavy atom. The molecule has 1 aromatic rings. The Kier molecular flexibility index (Phi) is 4.25. The molecule has 1 heterocycles. The van der Waals surface area contributed by atoms with E-state index in [0.29, 0.717) is 18.8 Å². The second kappa shape index (κ2) is 5.61. The molecule has 0 bridgehead atoms. The van der Waals surface area contributed by atoms with Gasteiger partial charge in [-0.1, -0.05) is 6.07 Å². The number of piperidine rings is 1. The Morgan fingerprint density at radius 1 is 1.30 bits per heavy atom. The molecule has 1 aromatic carbocycles. The zero-order valence-corrected chi connectivity index (χ0v) is 11.7. The van der Waals surface area contributed by atoms with Crippen LogP contribution in [0.15, 0.2) is 24.3 Å². The van der Waals surface area contributed by atoms with Gasteiger partial charge in [-0.25, -0.2) is 0 Å². The summed E-state index contributed by atoms with van der Waals surface area (Å²) >= 11 is 0. The molecular formula is C14H20F3N3. The Bertz CT molecular complexity index is 459. The number of anilines is 1. The minimum Gasteiger partial charge on any atom is -0.370 e. The molecule has 0 spiro atoms. The lowest BCUT2D eigenvalue weighted by Gasteiger charge is -2.41. The number of hydrogen-bond donors (Lipinski definition) is 1. The highest BCUT2D eigenvalue weighted by atomic mass is 19.4. The summed E-state index contributed by atoms with van der Waals surface area (Å²) in [6.45, 7) is 1.34. The summed E-state index contributed by atoms with van der Waals surface area (Å²) in [5.74, 6) is 0. The van der Waals surface area contributed by atoms with E-state index in [2.05, 4.69) is 0 Å². The average molecular weight is 287 g/mol. The molecule has 1 aliphatic heterocycles. The van der Waals surface area contributed by atoms with Crippen LogP contribution in [-0.4, -0.2) is 44.2 Å². The molecule has 6 heteroatoms. The predicted molar refractivity (Wildman–Crippen MR) is 73.7 cm³/mol. The van der Waals surface area contributed by atoms with Gasteiger partial charge in [0.15, 0.2) is 0 Å². The minimum absolute atomic E-state index is 0.0621. The fourth-order valence-electron chi connectivity index (χ4n) is 2.61. The van der Waals surface area contributed by atoms with E-state index in [0.717, 1.165) is 12.5 Å². The number of halogens is 3. The van der Waals surface area contributed by atoms with Crippen LogP contribution in [0.1, 0.15) is 12.0 Å². The molecule has 1 aliphatic rings. The molecule has 0 aromatic heterocycles. The summed E-state index contributed by atoms with van der Waals surface area (Å²) in [4.78, 5) is 4.01. The minimum atomic E-state index is -4.30. The molecule has 3 nitrogen and oxygen atoms in total. The smallest absolute Gasteiger partial charge is 0.370 e. The standard InChI is InChI=1S/C14H20F3N3/c1-19(2)13-9-20(7-6-12(13)18)11-5-3-4-10(8-11)14(15,16)17/h3-5,8,12-13H,6-7,9,18H2,1-2H3. The Balaban J connectivity index is 2.20. The Labute approximate surface area is 117 Å². The summed E-state index contributed by atoms with van der Waals surface area (Å²) < 4.78 is 38.3. The molecule has 1 saturated heterocycles. The lowest BCUT2D eigenvalue weighted by Crippen LogP contribution is -2.56. The van der Waals surface area contributed by atoms with Crippen LogP contribution in [0.25, 0.3) is 0 Å². The van der Waals surface area contributed by atoms with Gasteiger partial charge in [0.05, 0.1) is 5.56 Å². The molecule has 2 unspecified atom stereocenters. The molecule has 112 valence electrons. The van der Waals surface area contributed by atoms with Gasteiger partial charge in [-0.05, 0) is 38.7 Å². The van der Waals surface area contributed by atoms with E-state index in [1.807, 2.05) is 23.9 Å². The van der Waals surface area contributed by atoms with Crippen molar-refractivity contribution in [2.75, 3.05) is 32.1 Å². The molecule has 1 fully saturated rings. The van der Waals surface area contributed by atoms with Crippen molar-refractivity contribution in [1.82, 2.24) is 4.90 Å². The van der Waals surface area contributed by atoms with E-state index < -0.39 is 11.7 Å². The quantitative estimate of drug-likeness (QED) is 0.905. The highest BCUT2D eigenvalue weighted by Crippen LogP contribution is 2.32. The van der Waals surface area contributed by atoms with Crippen LogP contribution in [0.5, 0.6) is 0 Å². The maximum Gasteiger partial charge on any atom is 0.416 e. The first kappa shape index (κ1) is 15.1. The molecule has 0 radical (unpaired) electrons. The van der Waals surface area contributed by atoms with Crippen LogP contribution in [0.3, 0.4) is 0 Å². The van der Waals surface area contributed by atoms with E-state index in [9.17, 15) is 13.2 Å². The molecule has 20 heavy (non-hydrogen) atoms. The first-order valence-corrected chi connectivity index (χ1v) is 6.63. The van der Waals surface area contributed by atoms with Crippen molar-refractivity contribution >= 4 is 5.69 Å². The SMILES string of the molecule is CN(C)C1CN(c2cccc(C(F)(F)F)c2)CCC1N. The molecule has 0 amide bonds. The number of nitrogens with zero attached hydrogens (tertiary/aromatic N) is 2. The average Bonchev–Trinajstić information content (AvgIpc) is 2.38. The highest BCUT2D eigenvalue weighted by Gasteiger charge is 2.32. The monoisotopic (exact) mass is 287 g/mol. The molecule has 2 N–H and O–H groups in total. The maximum absolute atomic E-state index is 12.8. The fraction of sp³-hybridized carbons (Fsp3) is 0.571. The number of alkyl halides is 3. The fourth-order valence-corrected chi connectivity index (χ4v) is 2.61. The van der Waals surface area contributed by atoms with Gasteiger partial charge in [0.2, 0.25) is 0 Å². The molecule has 0 aliphatic carbocycles. The lowest BCUT2D eigenvalue weighted by atomic mass is 9.98. The summed E-state index contributed by atoms with van der Waals surface area (Å²) in [6, 6.07) is 5.70. The highest BCUT2D eigenvalue weighted by molar-refractivity contribution is 5.50. The molecule has 2 atom stereocenters. The number of nitrogens with two attached hydrogens (primary N) is 1. The van der Waals surface area contributed by atoms with Crippen molar-refractivity contribution in [1.29, 1.82) is 0 Å². The number of likely N-dealkylation sites (N-methyl/N-ethyl adjacent to an activating group) is 1. The van der Waals surface area contributed by atoms with Crippen LogP contribution in [0, 0.1) is 0 Å². The van der Waals surface area contributed by atoms with Gasteiger partial charge in [-0.15, -0.1) is 0 Å². The Hall–Kier alpha value is -1.27. The number of hydrogen-bond acceptors (Lipinski definition) is 3. The van der Waals surface area contributed by atoms with Gasteiger partial charge in [-0.2, -0.15) is 13.2 Å². The van der Waals surface area contributed by atoms with Gasteiger partial charge < -0.3 is 15.5 Å². The zero-order valence-electron chi connectivity index (χ0n) is 11.7. The lowest BCUT2D eigenvalue weighted by molar-refractivity contribution is -0.137. The summed E-state index contributed by atoms with van der Waals surface area (Å²) in [7, 11) is 3.89. The summed E-state index contributed by atoms with van der Waals surface area (Å²) in [5, 5.41) is 0. The molecular weight excluding hydrogens is 267 g/mol. The van der Waals surface area contributed by atoms with E-state index in [1.54, 1.807) is 6.07 Å². The molecule has 0 saturated carbocycles. The second-order valence-corrected chi connectivity index (χ2v) is 5.48. The van der Waals surface area contributed by atoms with Crippen molar-refractivity contribution in [2.24, 2.45) is 5.73 Å². The summed E-state index contributed by atoms with van der Waals surface area (Å²) in [6.07, 6.45) is -3.53. The van der Waals surface area contributed by atoms with Crippen LogP contribution >= 0.6 is 0 Å². The van der Waals surface area contributed by atoms with Crippen molar-refractivity contribution in [3.05, 3.63) is 29.8 Å². The number of benzene rings is 1. The topological polar surface area (TPSA) is 32.5 Å². The van der Waals surface area contributed by atoms with Crippen LogP contribution < -0.4 is 10.6 Å². The van der Waals surface area contributed by atoms with Gasteiger partial charge >= 0.3 is 6.18 Å². The largest absolute Gasteiger partial charge is 0.416 e. The van der Waals surface area contributed by atoms with E-state index in [-0.39, 0.29) is 12.1 Å². The second-order valence-electron chi connectivity index (χ2n) is 5.48. The van der Waals surface area contributed by atoms with Crippen LogP contribution in [-0.2, 0) is 6.18 Å². The Morgan fingerprint density at radius 2 is 2.00 bits per heavy atom. The first-order valence-electron chi connectivity index (χ1n) is 6.63. The third-order valence-corrected chi connectivity index (χ3v) is 3.84. The predicted octanol–water partition coefficient (Wildman–Crippen LogP) is 2.17. The number of rotatable bonds is 2. The molecule has 2 rings (SSSR count). The van der Waals surface area contributed by atoms with Gasteiger partial charge in [0.1, 0.15) is 0 Å². The third kappa shape index (κ3) is 3.24. The van der Waals surface area contributed by atoms with Crippen molar-refractivity contribution in [2.45, 2.75) is 24.7 Å². The van der Waals surface area contributed by atoms with Crippen LogP contribution in [0.2, 0.25) is 0 Å².